The molecule has 0 atom stereocenters. The molecule has 2 aromatic heterocycles. The number of amides is 1. The van der Waals surface area contributed by atoms with Crippen molar-refractivity contribution in [1.29, 1.82) is 0 Å². The van der Waals surface area contributed by atoms with Crippen LogP contribution >= 0.6 is 0 Å². The van der Waals surface area contributed by atoms with Crippen LogP contribution in [-0.2, 0) is 9.53 Å². The van der Waals surface area contributed by atoms with Gasteiger partial charge in [-0.2, -0.15) is 0 Å². The second kappa shape index (κ2) is 8.09. The maximum absolute atomic E-state index is 11.9. The molecular weight excluding hydrogens is 332 g/mol. The lowest BCUT2D eigenvalue weighted by molar-refractivity contribution is -0.135. The van der Waals surface area contributed by atoms with E-state index in [-0.39, 0.29) is 12.5 Å². The van der Waals surface area contributed by atoms with E-state index < -0.39 is 0 Å². The number of pyridine rings is 1. The predicted octanol–water partition coefficient (Wildman–Crippen LogP) is 1.53. The number of methoxy groups -OCH3 is 1. The van der Waals surface area contributed by atoms with E-state index >= 15 is 0 Å². The van der Waals surface area contributed by atoms with Gasteiger partial charge in [0.2, 0.25) is 5.91 Å². The first kappa shape index (κ1) is 18.1. The summed E-state index contributed by atoms with van der Waals surface area (Å²) in [6, 6.07) is 5.84. The first-order valence-corrected chi connectivity index (χ1v) is 8.62. The van der Waals surface area contributed by atoms with E-state index in [1.807, 2.05) is 36.9 Å². The van der Waals surface area contributed by atoms with Gasteiger partial charge in [-0.15, -0.1) is 0 Å². The van der Waals surface area contributed by atoms with Gasteiger partial charge in [0.05, 0.1) is 0 Å². The van der Waals surface area contributed by atoms with E-state index in [1.54, 1.807) is 6.20 Å². The Bertz CT molecular complexity index is 774. The summed E-state index contributed by atoms with van der Waals surface area (Å²) in [5, 5.41) is 3.24. The number of aryl methyl sites for hydroxylation is 2. The predicted molar refractivity (Wildman–Crippen MR) is 99.7 cm³/mol. The number of carbonyl (C=O) groups is 1. The molecule has 0 aromatic carbocycles. The Morgan fingerprint density at radius 3 is 2.62 bits per heavy atom. The molecule has 1 aliphatic heterocycles. The normalized spacial score (nSPS) is 14.4. The third-order valence-corrected chi connectivity index (χ3v) is 4.22. The van der Waals surface area contributed by atoms with Crippen LogP contribution in [0.4, 0.5) is 17.5 Å². The Morgan fingerprint density at radius 1 is 1.15 bits per heavy atom. The van der Waals surface area contributed by atoms with Crippen molar-refractivity contribution in [3.05, 3.63) is 35.8 Å². The zero-order valence-electron chi connectivity index (χ0n) is 15.4. The lowest BCUT2D eigenvalue weighted by Gasteiger charge is -2.35. The van der Waals surface area contributed by atoms with Crippen molar-refractivity contribution in [2.24, 2.45) is 0 Å². The first-order valence-electron chi connectivity index (χ1n) is 8.62. The summed E-state index contributed by atoms with van der Waals surface area (Å²) < 4.78 is 4.93. The molecule has 0 aliphatic carbocycles. The van der Waals surface area contributed by atoms with Gasteiger partial charge in [-0.05, 0) is 31.5 Å². The quantitative estimate of drug-likeness (QED) is 0.870. The van der Waals surface area contributed by atoms with Gasteiger partial charge < -0.3 is 19.9 Å². The standard InChI is InChI=1S/C18H24N6O2/c1-13-4-5-19-15(10-13)22-16-11-17(21-14(2)20-16)23-6-8-24(9-7-23)18(25)12-26-3/h4-5,10-11H,6-9,12H2,1-3H3,(H,19,20,21,22). The Kier molecular flexibility index (Phi) is 5.62. The molecule has 3 heterocycles. The second-order valence-electron chi connectivity index (χ2n) is 6.30. The van der Waals surface area contributed by atoms with E-state index in [0.717, 1.165) is 30.3 Å². The van der Waals surface area contributed by atoms with Crippen LogP contribution in [0.25, 0.3) is 0 Å². The maximum Gasteiger partial charge on any atom is 0.248 e. The molecule has 3 rings (SSSR count). The fourth-order valence-electron chi connectivity index (χ4n) is 2.91. The molecule has 1 amide bonds. The third-order valence-electron chi connectivity index (χ3n) is 4.22. The summed E-state index contributed by atoms with van der Waals surface area (Å²) in [7, 11) is 1.54. The molecule has 0 spiro atoms. The Morgan fingerprint density at radius 2 is 1.92 bits per heavy atom. The second-order valence-corrected chi connectivity index (χ2v) is 6.30. The van der Waals surface area contributed by atoms with Gasteiger partial charge in [-0.3, -0.25) is 4.79 Å². The Balaban J connectivity index is 1.69. The number of piperazine rings is 1. The van der Waals surface area contributed by atoms with Gasteiger partial charge >= 0.3 is 0 Å². The largest absolute Gasteiger partial charge is 0.375 e. The molecule has 1 fully saturated rings. The van der Waals surface area contributed by atoms with Crippen molar-refractivity contribution in [1.82, 2.24) is 19.9 Å². The minimum atomic E-state index is 0.0268. The van der Waals surface area contributed by atoms with Gasteiger partial charge in [0.25, 0.3) is 0 Å². The summed E-state index contributed by atoms with van der Waals surface area (Å²) in [5.41, 5.74) is 1.13. The summed E-state index contributed by atoms with van der Waals surface area (Å²) in [6.07, 6.45) is 1.77. The highest BCUT2D eigenvalue weighted by molar-refractivity contribution is 5.77. The fourth-order valence-corrected chi connectivity index (χ4v) is 2.91. The van der Waals surface area contributed by atoms with Gasteiger partial charge in [-0.1, -0.05) is 0 Å². The van der Waals surface area contributed by atoms with Crippen molar-refractivity contribution >= 4 is 23.4 Å². The van der Waals surface area contributed by atoms with Gasteiger partial charge in [-0.25, -0.2) is 15.0 Å². The molecule has 1 N–H and O–H groups in total. The lowest BCUT2D eigenvalue weighted by atomic mass is 10.3. The molecule has 8 heteroatoms. The van der Waals surface area contributed by atoms with Crippen molar-refractivity contribution in [3.63, 3.8) is 0 Å². The number of carbonyl (C=O) groups excluding carboxylic acids is 1. The molecule has 1 aliphatic rings. The minimum Gasteiger partial charge on any atom is -0.375 e. The van der Waals surface area contributed by atoms with Crippen LogP contribution in [0.15, 0.2) is 24.4 Å². The van der Waals surface area contributed by atoms with Crippen LogP contribution in [0.5, 0.6) is 0 Å². The molecule has 1 saturated heterocycles. The van der Waals surface area contributed by atoms with Gasteiger partial charge in [0, 0.05) is 45.6 Å². The average Bonchev–Trinajstić information content (AvgIpc) is 2.61. The molecule has 0 saturated carbocycles. The molecule has 26 heavy (non-hydrogen) atoms. The van der Waals surface area contributed by atoms with Crippen molar-refractivity contribution in [2.75, 3.05) is 50.1 Å². The zero-order valence-corrected chi connectivity index (χ0v) is 15.4. The van der Waals surface area contributed by atoms with E-state index in [1.165, 1.54) is 7.11 Å². The molecular formula is C18H24N6O2. The monoisotopic (exact) mass is 356 g/mol. The number of nitrogens with zero attached hydrogens (tertiary/aromatic N) is 5. The first-order chi connectivity index (χ1) is 12.5. The van der Waals surface area contributed by atoms with E-state index in [0.29, 0.717) is 24.7 Å². The number of aromatic nitrogens is 3. The Labute approximate surface area is 153 Å². The van der Waals surface area contributed by atoms with Crippen LogP contribution in [0.2, 0.25) is 0 Å². The molecule has 2 aromatic rings. The van der Waals surface area contributed by atoms with Crippen LogP contribution in [0.3, 0.4) is 0 Å². The highest BCUT2D eigenvalue weighted by Crippen LogP contribution is 2.20. The molecule has 138 valence electrons. The van der Waals surface area contributed by atoms with Crippen molar-refractivity contribution in [3.8, 4) is 0 Å². The number of nitrogens with one attached hydrogen (secondary N) is 1. The highest BCUT2D eigenvalue weighted by Gasteiger charge is 2.22. The van der Waals surface area contributed by atoms with Crippen molar-refractivity contribution < 1.29 is 9.53 Å². The molecule has 0 bridgehead atoms. The smallest absolute Gasteiger partial charge is 0.248 e. The molecule has 8 nitrogen and oxygen atoms in total. The SMILES string of the molecule is COCC(=O)N1CCN(c2cc(Nc3cc(C)ccn3)nc(C)n2)CC1. The number of ether oxygens (including phenoxy) is 1. The van der Waals surface area contributed by atoms with Crippen LogP contribution < -0.4 is 10.2 Å². The van der Waals surface area contributed by atoms with Crippen LogP contribution in [-0.4, -0.2) is 65.7 Å². The van der Waals surface area contributed by atoms with Gasteiger partial charge in [0.15, 0.2) is 0 Å². The van der Waals surface area contributed by atoms with E-state index in [4.69, 9.17) is 4.74 Å². The summed E-state index contributed by atoms with van der Waals surface area (Å²) in [4.78, 5) is 29.2. The third kappa shape index (κ3) is 4.45. The van der Waals surface area contributed by atoms with E-state index in [9.17, 15) is 4.79 Å². The summed E-state index contributed by atoms with van der Waals surface area (Å²) in [6.45, 7) is 6.80. The lowest BCUT2D eigenvalue weighted by Crippen LogP contribution is -2.50. The highest BCUT2D eigenvalue weighted by atomic mass is 16.5. The number of anilines is 3. The minimum absolute atomic E-state index is 0.0268. The average molecular weight is 356 g/mol. The summed E-state index contributed by atoms with van der Waals surface area (Å²) in [5.74, 6) is 3.04. The summed E-state index contributed by atoms with van der Waals surface area (Å²) >= 11 is 0. The molecule has 0 unspecified atom stereocenters. The van der Waals surface area contributed by atoms with Crippen LogP contribution in [0, 0.1) is 13.8 Å². The van der Waals surface area contributed by atoms with E-state index in [2.05, 4.69) is 25.2 Å². The number of hydrogen-bond donors (Lipinski definition) is 1. The number of hydrogen-bond acceptors (Lipinski definition) is 7. The topological polar surface area (TPSA) is 83.5 Å². The van der Waals surface area contributed by atoms with Crippen molar-refractivity contribution in [2.45, 2.75) is 13.8 Å². The Hall–Kier alpha value is -2.74. The number of rotatable bonds is 5. The van der Waals surface area contributed by atoms with Crippen LogP contribution in [0.1, 0.15) is 11.4 Å². The zero-order chi connectivity index (χ0) is 18.5. The molecule has 0 radical (unpaired) electrons. The fraction of sp³-hybridized carbons (Fsp3) is 0.444. The maximum atomic E-state index is 11.9. The van der Waals surface area contributed by atoms with Gasteiger partial charge in [0.1, 0.15) is 29.9 Å².